The number of aryl methyl sites for hydroxylation is 1. The molecule has 3 rings (SSSR count). The van der Waals surface area contributed by atoms with Crippen LogP contribution in [-0.2, 0) is 22.5 Å². The van der Waals surface area contributed by atoms with Crippen LogP contribution in [0.1, 0.15) is 29.5 Å². The molecule has 8 heteroatoms. The van der Waals surface area contributed by atoms with Crippen molar-refractivity contribution in [3.63, 3.8) is 0 Å². The van der Waals surface area contributed by atoms with E-state index in [0.717, 1.165) is 65.2 Å². The number of thiophene rings is 1. The molecule has 2 aliphatic heterocycles. The minimum atomic E-state index is -0.357. The molecule has 1 aromatic rings. The number of hydrogen-bond donors (Lipinski definition) is 1. The molecule has 2 N–H and O–H groups in total. The van der Waals surface area contributed by atoms with E-state index < -0.39 is 0 Å². The number of halogens is 2. The van der Waals surface area contributed by atoms with Gasteiger partial charge in [0.2, 0.25) is 5.91 Å². The highest BCUT2D eigenvalue weighted by Crippen LogP contribution is 2.21. The lowest BCUT2D eigenvalue weighted by Crippen LogP contribution is -2.55. The SMILES string of the molecule is CCc1ccc(CN2CCN(C(=O)C(N)C3CCOCC3)CC2)s1.Cl.Cl. The van der Waals surface area contributed by atoms with Gasteiger partial charge in [-0.25, -0.2) is 0 Å². The Kier molecular flexibility index (Phi) is 10.4. The summed E-state index contributed by atoms with van der Waals surface area (Å²) in [4.78, 5) is 19.9. The number of piperazine rings is 1. The molecule has 2 saturated heterocycles. The lowest BCUT2D eigenvalue weighted by molar-refractivity contribution is -0.136. The first-order valence-electron chi connectivity index (χ1n) is 9.09. The molecule has 0 saturated carbocycles. The Morgan fingerprint density at radius 2 is 1.81 bits per heavy atom. The van der Waals surface area contributed by atoms with Gasteiger partial charge in [-0.05, 0) is 37.3 Å². The summed E-state index contributed by atoms with van der Waals surface area (Å²) in [6.45, 7) is 8.13. The maximum Gasteiger partial charge on any atom is 0.239 e. The number of carbonyl (C=O) groups excluding carboxylic acids is 1. The molecule has 5 nitrogen and oxygen atoms in total. The molecule has 0 spiro atoms. The first-order valence-corrected chi connectivity index (χ1v) is 9.91. The molecule has 1 aromatic heterocycles. The first kappa shape index (κ1) is 23.7. The number of nitrogens with zero attached hydrogens (tertiary/aromatic N) is 2. The lowest BCUT2D eigenvalue weighted by Gasteiger charge is -2.37. The van der Waals surface area contributed by atoms with Gasteiger partial charge in [0.05, 0.1) is 6.04 Å². The lowest BCUT2D eigenvalue weighted by atomic mass is 9.91. The highest BCUT2D eigenvalue weighted by Gasteiger charge is 2.31. The van der Waals surface area contributed by atoms with Gasteiger partial charge >= 0.3 is 0 Å². The largest absolute Gasteiger partial charge is 0.381 e. The molecule has 1 atom stereocenters. The first-order chi connectivity index (χ1) is 11.7. The zero-order valence-corrected chi connectivity index (χ0v) is 17.8. The number of ether oxygens (including phenoxy) is 1. The van der Waals surface area contributed by atoms with Crippen LogP contribution in [0.5, 0.6) is 0 Å². The van der Waals surface area contributed by atoms with Crippen molar-refractivity contribution in [3.05, 3.63) is 21.9 Å². The van der Waals surface area contributed by atoms with Crippen LogP contribution in [0.3, 0.4) is 0 Å². The van der Waals surface area contributed by atoms with Crippen molar-refractivity contribution in [2.24, 2.45) is 11.7 Å². The number of rotatable bonds is 5. The topological polar surface area (TPSA) is 58.8 Å². The van der Waals surface area contributed by atoms with E-state index in [1.165, 1.54) is 9.75 Å². The van der Waals surface area contributed by atoms with E-state index in [2.05, 4.69) is 24.0 Å². The van der Waals surface area contributed by atoms with Gasteiger partial charge in [-0.3, -0.25) is 9.69 Å². The van der Waals surface area contributed by atoms with Crippen molar-refractivity contribution in [1.29, 1.82) is 0 Å². The Balaban J connectivity index is 0.00000169. The number of carbonyl (C=O) groups is 1. The number of amides is 1. The minimum absolute atomic E-state index is 0. The zero-order chi connectivity index (χ0) is 16.9. The summed E-state index contributed by atoms with van der Waals surface area (Å²) >= 11 is 1.90. The van der Waals surface area contributed by atoms with Crippen LogP contribution in [0.25, 0.3) is 0 Å². The molecule has 26 heavy (non-hydrogen) atoms. The predicted octanol–water partition coefficient (Wildman–Crippen LogP) is 2.55. The molecule has 1 amide bonds. The van der Waals surface area contributed by atoms with Crippen LogP contribution in [0.4, 0.5) is 0 Å². The average Bonchev–Trinajstić information content (AvgIpc) is 3.09. The molecule has 1 unspecified atom stereocenters. The Morgan fingerprint density at radius 1 is 1.19 bits per heavy atom. The van der Waals surface area contributed by atoms with Gasteiger partial charge in [-0.2, -0.15) is 0 Å². The molecule has 0 radical (unpaired) electrons. The van der Waals surface area contributed by atoms with Crippen molar-refractivity contribution in [2.45, 2.75) is 38.8 Å². The molecular weight excluding hydrogens is 393 g/mol. The Labute approximate surface area is 173 Å². The third-order valence-electron chi connectivity index (χ3n) is 5.19. The van der Waals surface area contributed by atoms with Crippen LogP contribution in [-0.4, -0.2) is 61.1 Å². The van der Waals surface area contributed by atoms with Crippen molar-refractivity contribution >= 4 is 42.1 Å². The fourth-order valence-corrected chi connectivity index (χ4v) is 4.53. The third kappa shape index (κ3) is 6.08. The summed E-state index contributed by atoms with van der Waals surface area (Å²) in [6.07, 6.45) is 2.92. The van der Waals surface area contributed by atoms with Gasteiger partial charge < -0.3 is 15.4 Å². The van der Waals surface area contributed by atoms with E-state index in [1.54, 1.807) is 0 Å². The molecular formula is C18H31Cl2N3O2S. The number of nitrogens with two attached hydrogens (primary N) is 1. The maximum atomic E-state index is 12.6. The molecule has 3 heterocycles. The van der Waals surface area contributed by atoms with Crippen LogP contribution < -0.4 is 5.73 Å². The normalized spacial score (nSPS) is 20.2. The summed E-state index contributed by atoms with van der Waals surface area (Å²) in [7, 11) is 0. The Bertz CT molecular complexity index is 544. The second-order valence-electron chi connectivity index (χ2n) is 6.80. The van der Waals surface area contributed by atoms with E-state index in [4.69, 9.17) is 10.5 Å². The van der Waals surface area contributed by atoms with Gasteiger partial charge in [0, 0.05) is 55.7 Å². The standard InChI is InChI=1S/C18H29N3O2S.2ClH/c1-2-15-3-4-16(24-15)13-20-7-9-21(10-8-20)18(22)17(19)14-5-11-23-12-6-14;;/h3-4,14,17H,2,5-13,19H2,1H3;2*1H. The smallest absolute Gasteiger partial charge is 0.239 e. The highest BCUT2D eigenvalue weighted by molar-refractivity contribution is 7.11. The fraction of sp³-hybridized carbons (Fsp3) is 0.722. The van der Waals surface area contributed by atoms with Crippen molar-refractivity contribution in [1.82, 2.24) is 9.80 Å². The van der Waals surface area contributed by atoms with Crippen LogP contribution in [0.2, 0.25) is 0 Å². The highest BCUT2D eigenvalue weighted by atomic mass is 35.5. The van der Waals surface area contributed by atoms with Gasteiger partial charge in [-0.1, -0.05) is 6.92 Å². The third-order valence-corrected chi connectivity index (χ3v) is 6.40. The van der Waals surface area contributed by atoms with Crippen LogP contribution in [0, 0.1) is 5.92 Å². The van der Waals surface area contributed by atoms with Gasteiger partial charge in [-0.15, -0.1) is 36.2 Å². The molecule has 2 fully saturated rings. The monoisotopic (exact) mass is 423 g/mol. The fourth-order valence-electron chi connectivity index (χ4n) is 3.53. The predicted molar refractivity (Wildman–Crippen MR) is 112 cm³/mol. The maximum absolute atomic E-state index is 12.6. The quantitative estimate of drug-likeness (QED) is 0.790. The molecule has 0 aliphatic carbocycles. The average molecular weight is 424 g/mol. The summed E-state index contributed by atoms with van der Waals surface area (Å²) in [5.74, 6) is 0.411. The molecule has 0 bridgehead atoms. The second kappa shape index (κ2) is 11.5. The molecule has 0 aromatic carbocycles. The van der Waals surface area contributed by atoms with Crippen LogP contribution in [0.15, 0.2) is 12.1 Å². The van der Waals surface area contributed by atoms with E-state index in [9.17, 15) is 4.79 Å². The minimum Gasteiger partial charge on any atom is -0.381 e. The molecule has 150 valence electrons. The Hall–Kier alpha value is -0.370. The summed E-state index contributed by atoms with van der Waals surface area (Å²) in [6, 6.07) is 4.11. The Morgan fingerprint density at radius 3 is 2.38 bits per heavy atom. The summed E-state index contributed by atoms with van der Waals surface area (Å²) < 4.78 is 5.37. The summed E-state index contributed by atoms with van der Waals surface area (Å²) in [5, 5.41) is 0. The molecule has 2 aliphatic rings. The van der Waals surface area contributed by atoms with Crippen molar-refractivity contribution in [3.8, 4) is 0 Å². The van der Waals surface area contributed by atoms with Crippen molar-refractivity contribution < 1.29 is 9.53 Å². The van der Waals surface area contributed by atoms with E-state index >= 15 is 0 Å². The van der Waals surface area contributed by atoms with Gasteiger partial charge in [0.1, 0.15) is 0 Å². The van der Waals surface area contributed by atoms with E-state index in [0.29, 0.717) is 0 Å². The van der Waals surface area contributed by atoms with Crippen LogP contribution >= 0.6 is 36.2 Å². The second-order valence-corrected chi connectivity index (χ2v) is 8.05. The summed E-state index contributed by atoms with van der Waals surface area (Å²) in [5.41, 5.74) is 6.24. The van der Waals surface area contributed by atoms with Crippen molar-refractivity contribution in [2.75, 3.05) is 39.4 Å². The van der Waals surface area contributed by atoms with E-state index in [1.807, 2.05) is 16.2 Å². The van der Waals surface area contributed by atoms with E-state index in [-0.39, 0.29) is 42.7 Å². The van der Waals surface area contributed by atoms with Gasteiger partial charge in [0.15, 0.2) is 0 Å². The van der Waals surface area contributed by atoms with Gasteiger partial charge in [0.25, 0.3) is 0 Å². The number of hydrogen-bond acceptors (Lipinski definition) is 5. The zero-order valence-electron chi connectivity index (χ0n) is 15.4.